The van der Waals surface area contributed by atoms with Gasteiger partial charge in [0.25, 0.3) is 11.1 Å². The molecule has 1 N–H and O–H groups in total. The van der Waals surface area contributed by atoms with Crippen LogP contribution in [0.25, 0.3) is 41.7 Å². The zero-order valence-electron chi connectivity index (χ0n) is 19.2. The van der Waals surface area contributed by atoms with Crippen molar-refractivity contribution < 1.29 is 5.06 Å². The molecule has 0 radical (unpaired) electrons. The number of hydroxylamine groups is 2. The number of quaternary nitrogens is 1. The van der Waals surface area contributed by atoms with Crippen molar-refractivity contribution in [3.8, 4) is 0 Å². The Morgan fingerprint density at radius 3 is 2.03 bits per heavy atom. The highest BCUT2D eigenvalue weighted by molar-refractivity contribution is 7.25. The quantitative estimate of drug-likeness (QED) is 0.227. The molecule has 1 saturated heterocycles. The van der Waals surface area contributed by atoms with Crippen LogP contribution >= 0.6 is 11.3 Å². The molecule has 0 amide bonds. The largest absolute Gasteiger partial charge is 0.634 e. The third kappa shape index (κ3) is 2.78. The smallest absolute Gasteiger partial charge is 0.261 e. The Balaban J connectivity index is 1.70. The normalized spacial score (nSPS) is 22.6. The minimum absolute atomic E-state index is 0.192. The topological polar surface area (TPSA) is 66.6 Å². The van der Waals surface area contributed by atoms with E-state index in [9.17, 15) is 14.8 Å². The van der Waals surface area contributed by atoms with Gasteiger partial charge < -0.3 is 10.3 Å². The van der Waals surface area contributed by atoms with E-state index < -0.39 is 11.1 Å². The molecule has 1 aliphatic heterocycles. The number of fused-ring (bicyclic) bond motifs is 2. The summed E-state index contributed by atoms with van der Waals surface area (Å²) in [6.45, 7) is 7.71. The summed E-state index contributed by atoms with van der Waals surface area (Å²) in [5.41, 5.74) is -1.66. The van der Waals surface area contributed by atoms with E-state index in [0.717, 1.165) is 26.2 Å². The number of nitrogens with one attached hydrogen (secondary N) is 1. The lowest BCUT2D eigenvalue weighted by molar-refractivity contribution is -0.956. The van der Waals surface area contributed by atoms with Crippen molar-refractivity contribution >= 4 is 53.1 Å². The molecule has 5 nitrogen and oxygen atoms in total. The summed E-state index contributed by atoms with van der Waals surface area (Å²) in [6.07, 6.45) is 0.981. The van der Waals surface area contributed by atoms with Crippen LogP contribution in [0.2, 0.25) is 0 Å². The standard InChI is InChI=1S/C27H26N2O3S/c1-26(2)13-15(14-27(3,4)29(26)32)28-24(30)18-10-9-17-16-7-5-6-8-20(16)33-21-12-11-19(25(28)31)22(18)23(17)21/h5-12,15,29H,13-14H2,1-4H3. The number of pyridine rings is 1. The first kappa shape index (κ1) is 20.8. The highest BCUT2D eigenvalue weighted by Gasteiger charge is 2.46. The van der Waals surface area contributed by atoms with Crippen LogP contribution in [-0.4, -0.2) is 15.6 Å². The number of rotatable bonds is 1. The number of nitrogens with zero attached hydrogens (tertiary/aromatic N) is 1. The Morgan fingerprint density at radius 2 is 1.36 bits per heavy atom. The van der Waals surface area contributed by atoms with Gasteiger partial charge in [-0.2, -0.15) is 0 Å². The van der Waals surface area contributed by atoms with Gasteiger partial charge in [-0.15, -0.1) is 11.3 Å². The zero-order valence-corrected chi connectivity index (χ0v) is 20.0. The minimum Gasteiger partial charge on any atom is -0.634 e. The summed E-state index contributed by atoms with van der Waals surface area (Å²) < 4.78 is 3.70. The predicted molar refractivity (Wildman–Crippen MR) is 137 cm³/mol. The average Bonchev–Trinajstić information content (AvgIpc) is 2.77. The zero-order chi connectivity index (χ0) is 23.3. The van der Waals surface area contributed by atoms with E-state index in [1.807, 2.05) is 64.1 Å². The van der Waals surface area contributed by atoms with Gasteiger partial charge in [0, 0.05) is 43.8 Å². The fourth-order valence-corrected chi connectivity index (χ4v) is 7.37. The van der Waals surface area contributed by atoms with Crippen LogP contribution in [-0.2, 0) is 0 Å². The maximum absolute atomic E-state index is 13.8. The first-order valence-electron chi connectivity index (χ1n) is 11.4. The Hall–Kier alpha value is -2.80. The van der Waals surface area contributed by atoms with Crippen molar-refractivity contribution in [1.29, 1.82) is 0 Å². The number of benzene rings is 3. The van der Waals surface area contributed by atoms with E-state index in [2.05, 4.69) is 12.1 Å². The van der Waals surface area contributed by atoms with Crippen molar-refractivity contribution in [2.45, 2.75) is 57.7 Å². The van der Waals surface area contributed by atoms with Crippen LogP contribution in [0.1, 0.15) is 46.6 Å². The molecule has 6 rings (SSSR count). The van der Waals surface area contributed by atoms with Crippen LogP contribution in [0.3, 0.4) is 0 Å². The van der Waals surface area contributed by atoms with Crippen LogP contribution in [0.15, 0.2) is 58.1 Å². The summed E-state index contributed by atoms with van der Waals surface area (Å²) in [7, 11) is 0. The van der Waals surface area contributed by atoms with Gasteiger partial charge >= 0.3 is 0 Å². The van der Waals surface area contributed by atoms with E-state index in [4.69, 9.17) is 0 Å². The lowest BCUT2D eigenvalue weighted by atomic mass is 9.78. The average molecular weight is 459 g/mol. The highest BCUT2D eigenvalue weighted by atomic mass is 32.1. The Kier molecular flexibility index (Phi) is 4.17. The highest BCUT2D eigenvalue weighted by Crippen LogP contribution is 2.40. The maximum atomic E-state index is 13.8. The van der Waals surface area contributed by atoms with Crippen LogP contribution in [0.5, 0.6) is 0 Å². The van der Waals surface area contributed by atoms with Crippen molar-refractivity contribution in [3.05, 3.63) is 74.4 Å². The second-order valence-electron chi connectivity index (χ2n) is 10.8. The van der Waals surface area contributed by atoms with Gasteiger partial charge in [0.15, 0.2) is 0 Å². The molecular weight excluding hydrogens is 432 g/mol. The monoisotopic (exact) mass is 458 g/mol. The van der Waals surface area contributed by atoms with Crippen LogP contribution in [0.4, 0.5) is 0 Å². The number of piperidine rings is 1. The molecule has 0 unspecified atom stereocenters. The van der Waals surface area contributed by atoms with Crippen LogP contribution < -0.4 is 16.2 Å². The molecule has 0 spiro atoms. The third-order valence-electron chi connectivity index (χ3n) is 7.50. The first-order chi connectivity index (χ1) is 15.6. The summed E-state index contributed by atoms with van der Waals surface area (Å²) in [5, 5.41) is 18.3. The Labute approximate surface area is 194 Å². The molecule has 33 heavy (non-hydrogen) atoms. The molecule has 0 aliphatic carbocycles. The molecule has 168 valence electrons. The fraction of sp³-hybridized carbons (Fsp3) is 0.333. The molecule has 2 aromatic heterocycles. The first-order valence-corrected chi connectivity index (χ1v) is 12.2. The minimum atomic E-state index is -0.586. The van der Waals surface area contributed by atoms with E-state index >= 15 is 0 Å². The molecule has 0 atom stereocenters. The second-order valence-corrected chi connectivity index (χ2v) is 11.8. The summed E-state index contributed by atoms with van der Waals surface area (Å²) in [4.78, 5) is 27.6. The Morgan fingerprint density at radius 1 is 0.788 bits per heavy atom. The molecular formula is C27H26N2O3S. The van der Waals surface area contributed by atoms with Crippen molar-refractivity contribution in [2.24, 2.45) is 0 Å². The molecule has 1 aliphatic rings. The second kappa shape index (κ2) is 6.63. The number of aromatic nitrogens is 1. The Bertz CT molecular complexity index is 1640. The summed E-state index contributed by atoms with van der Waals surface area (Å²) in [6, 6.07) is 15.7. The molecule has 0 bridgehead atoms. The number of hydrogen-bond acceptors (Lipinski definition) is 4. The van der Waals surface area contributed by atoms with E-state index in [0.29, 0.717) is 23.6 Å². The van der Waals surface area contributed by atoms with E-state index in [1.165, 1.54) is 9.27 Å². The molecule has 0 saturated carbocycles. The summed E-state index contributed by atoms with van der Waals surface area (Å²) >= 11 is 1.68. The van der Waals surface area contributed by atoms with Gasteiger partial charge in [0.05, 0.1) is 17.1 Å². The third-order valence-corrected chi connectivity index (χ3v) is 8.64. The van der Waals surface area contributed by atoms with Gasteiger partial charge in [-0.1, -0.05) is 24.3 Å². The molecule has 6 heteroatoms. The fourth-order valence-electron chi connectivity index (χ4n) is 6.24. The molecule has 3 heterocycles. The number of hydrogen-bond donors (Lipinski definition) is 1. The van der Waals surface area contributed by atoms with Crippen molar-refractivity contribution in [1.82, 2.24) is 4.57 Å². The van der Waals surface area contributed by atoms with Gasteiger partial charge in [0.2, 0.25) is 0 Å². The lowest BCUT2D eigenvalue weighted by Gasteiger charge is -2.54. The molecule has 5 aromatic rings. The summed E-state index contributed by atoms with van der Waals surface area (Å²) in [5.74, 6) is 0. The molecule has 1 fully saturated rings. The van der Waals surface area contributed by atoms with E-state index in [-0.39, 0.29) is 22.2 Å². The van der Waals surface area contributed by atoms with Gasteiger partial charge in [-0.25, -0.2) is 0 Å². The van der Waals surface area contributed by atoms with Crippen molar-refractivity contribution in [3.63, 3.8) is 0 Å². The lowest BCUT2D eigenvalue weighted by Crippen LogP contribution is -3.23. The van der Waals surface area contributed by atoms with Crippen LogP contribution in [0, 0.1) is 5.21 Å². The van der Waals surface area contributed by atoms with Gasteiger partial charge in [-0.3, -0.25) is 14.2 Å². The predicted octanol–water partition coefficient (Wildman–Crippen LogP) is 4.60. The SMILES string of the molecule is CC1(C)CC(n2c(=O)c3ccc4sc5ccccc5c5ccc(c2=O)c3c45)CC(C)(C)[NH+]1[O-]. The van der Waals surface area contributed by atoms with E-state index in [1.54, 1.807) is 11.3 Å². The van der Waals surface area contributed by atoms with Gasteiger partial charge in [0.1, 0.15) is 0 Å². The van der Waals surface area contributed by atoms with Crippen molar-refractivity contribution in [2.75, 3.05) is 0 Å². The van der Waals surface area contributed by atoms with Gasteiger partial charge in [-0.05, 0) is 62.7 Å². The maximum Gasteiger partial charge on any atom is 0.261 e. The molecule has 3 aromatic carbocycles.